The van der Waals surface area contributed by atoms with Crippen molar-refractivity contribution in [1.82, 2.24) is 9.80 Å². The van der Waals surface area contributed by atoms with Gasteiger partial charge in [-0.3, -0.25) is 9.69 Å². The first-order chi connectivity index (χ1) is 8.17. The number of amides is 1. The van der Waals surface area contributed by atoms with E-state index in [9.17, 15) is 4.79 Å². The quantitative estimate of drug-likeness (QED) is 0.692. The number of rotatable bonds is 5. The Hall–Kier alpha value is -0.650. The van der Waals surface area contributed by atoms with E-state index in [1.807, 2.05) is 11.8 Å². The van der Waals surface area contributed by atoms with Gasteiger partial charge < -0.3 is 15.7 Å². The van der Waals surface area contributed by atoms with E-state index in [0.29, 0.717) is 13.0 Å². The lowest BCUT2D eigenvalue weighted by atomic mass is 10.1. The van der Waals surface area contributed by atoms with E-state index in [1.54, 1.807) is 0 Å². The largest absolute Gasteiger partial charge is 0.395 e. The number of aliphatic hydroxyl groups is 1. The average Bonchev–Trinajstić information content (AvgIpc) is 2.55. The van der Waals surface area contributed by atoms with Crippen LogP contribution in [0, 0.1) is 0 Å². The van der Waals surface area contributed by atoms with Crippen LogP contribution in [0.3, 0.4) is 0 Å². The minimum atomic E-state index is -0.0145. The number of β-amino-alcohol motifs (C(OH)–C–C–N with tert-alkyl or cyclic N) is 1. The van der Waals surface area contributed by atoms with E-state index in [0.717, 1.165) is 39.0 Å². The molecule has 100 valence electrons. The molecule has 1 fully saturated rings. The summed E-state index contributed by atoms with van der Waals surface area (Å²) in [4.78, 5) is 16.1. The van der Waals surface area contributed by atoms with Gasteiger partial charge in [0.05, 0.1) is 6.61 Å². The van der Waals surface area contributed by atoms with Crippen LogP contribution in [-0.2, 0) is 4.79 Å². The molecule has 5 heteroatoms. The van der Waals surface area contributed by atoms with Crippen molar-refractivity contribution in [3.63, 3.8) is 0 Å². The SMILES string of the molecule is CCC(N)CC(=O)N1CCCN(CCO)CC1. The molecule has 5 nitrogen and oxygen atoms in total. The number of carbonyl (C=O) groups is 1. The highest BCUT2D eigenvalue weighted by molar-refractivity contribution is 5.76. The summed E-state index contributed by atoms with van der Waals surface area (Å²) in [5, 5.41) is 8.90. The summed E-state index contributed by atoms with van der Waals surface area (Å²) >= 11 is 0. The van der Waals surface area contributed by atoms with Gasteiger partial charge in [0.1, 0.15) is 0 Å². The second-order valence-electron chi connectivity index (χ2n) is 4.67. The molecule has 1 aliphatic heterocycles. The van der Waals surface area contributed by atoms with Crippen LogP contribution >= 0.6 is 0 Å². The van der Waals surface area contributed by atoms with Crippen LogP contribution in [-0.4, -0.2) is 66.2 Å². The highest BCUT2D eigenvalue weighted by atomic mass is 16.3. The fourth-order valence-corrected chi connectivity index (χ4v) is 2.08. The molecule has 1 unspecified atom stereocenters. The van der Waals surface area contributed by atoms with E-state index >= 15 is 0 Å². The Labute approximate surface area is 104 Å². The summed E-state index contributed by atoms with van der Waals surface area (Å²) < 4.78 is 0. The molecule has 0 aromatic rings. The first-order valence-electron chi connectivity index (χ1n) is 6.54. The van der Waals surface area contributed by atoms with Gasteiger partial charge in [-0.1, -0.05) is 6.92 Å². The molecule has 1 aliphatic rings. The zero-order chi connectivity index (χ0) is 12.7. The molecule has 1 atom stereocenters. The standard InChI is InChI=1S/C12H25N3O2/c1-2-11(13)10-12(17)15-5-3-4-14(6-7-15)8-9-16/h11,16H,2-10,13H2,1H3. The zero-order valence-electron chi connectivity index (χ0n) is 10.8. The second-order valence-corrected chi connectivity index (χ2v) is 4.67. The lowest BCUT2D eigenvalue weighted by molar-refractivity contribution is -0.131. The molecule has 0 spiro atoms. The van der Waals surface area contributed by atoms with Crippen LogP contribution in [0.25, 0.3) is 0 Å². The summed E-state index contributed by atoms with van der Waals surface area (Å²) in [5.74, 6) is 0.171. The van der Waals surface area contributed by atoms with Crippen molar-refractivity contribution in [2.75, 3.05) is 39.3 Å². The van der Waals surface area contributed by atoms with Crippen molar-refractivity contribution < 1.29 is 9.90 Å². The third kappa shape index (κ3) is 5.02. The van der Waals surface area contributed by atoms with E-state index in [-0.39, 0.29) is 18.6 Å². The summed E-state index contributed by atoms with van der Waals surface area (Å²) in [5.41, 5.74) is 5.80. The molecule has 1 amide bonds. The van der Waals surface area contributed by atoms with Gasteiger partial charge in [0.15, 0.2) is 0 Å². The van der Waals surface area contributed by atoms with Crippen LogP contribution in [0.15, 0.2) is 0 Å². The summed E-state index contributed by atoms with van der Waals surface area (Å²) in [6, 6.07) is -0.0145. The third-order valence-electron chi connectivity index (χ3n) is 3.32. The van der Waals surface area contributed by atoms with Crippen LogP contribution in [0.4, 0.5) is 0 Å². The molecule has 0 aromatic carbocycles. The first kappa shape index (κ1) is 14.4. The minimum Gasteiger partial charge on any atom is -0.395 e. The Balaban J connectivity index is 2.37. The average molecular weight is 243 g/mol. The predicted molar refractivity (Wildman–Crippen MR) is 67.6 cm³/mol. The minimum absolute atomic E-state index is 0.0145. The molecule has 0 radical (unpaired) electrons. The number of nitrogens with zero attached hydrogens (tertiary/aromatic N) is 2. The molecule has 1 rings (SSSR count). The molecule has 0 aliphatic carbocycles. The van der Waals surface area contributed by atoms with Gasteiger partial charge in [0.25, 0.3) is 0 Å². The maximum Gasteiger partial charge on any atom is 0.224 e. The van der Waals surface area contributed by atoms with Gasteiger partial charge in [0, 0.05) is 38.6 Å². The van der Waals surface area contributed by atoms with E-state index in [4.69, 9.17) is 10.8 Å². The van der Waals surface area contributed by atoms with E-state index in [2.05, 4.69) is 4.90 Å². The molecular weight excluding hydrogens is 218 g/mol. The summed E-state index contributed by atoms with van der Waals surface area (Å²) in [7, 11) is 0. The number of aliphatic hydroxyl groups excluding tert-OH is 1. The first-order valence-corrected chi connectivity index (χ1v) is 6.54. The number of hydrogen-bond acceptors (Lipinski definition) is 4. The Kier molecular flexibility index (Phi) is 6.47. The van der Waals surface area contributed by atoms with Crippen molar-refractivity contribution >= 4 is 5.91 Å². The van der Waals surface area contributed by atoms with Gasteiger partial charge in [-0.2, -0.15) is 0 Å². The normalized spacial score (nSPS) is 20.1. The topological polar surface area (TPSA) is 69.8 Å². The second kappa shape index (κ2) is 7.63. The molecule has 0 aromatic heterocycles. The molecule has 0 bridgehead atoms. The van der Waals surface area contributed by atoms with Crippen LogP contribution < -0.4 is 5.73 Å². The smallest absolute Gasteiger partial charge is 0.224 e. The van der Waals surface area contributed by atoms with Crippen molar-refractivity contribution in [3.8, 4) is 0 Å². The molecule has 1 heterocycles. The van der Waals surface area contributed by atoms with Gasteiger partial charge >= 0.3 is 0 Å². The predicted octanol–water partition coefficient (Wildman–Crippen LogP) is -0.360. The van der Waals surface area contributed by atoms with Crippen LogP contribution in [0.5, 0.6) is 0 Å². The summed E-state index contributed by atoms with van der Waals surface area (Å²) in [6.07, 6.45) is 2.28. The molecule has 0 saturated carbocycles. The van der Waals surface area contributed by atoms with Crippen molar-refractivity contribution in [3.05, 3.63) is 0 Å². The highest BCUT2D eigenvalue weighted by Crippen LogP contribution is 2.06. The van der Waals surface area contributed by atoms with Crippen LogP contribution in [0.2, 0.25) is 0 Å². The Morgan fingerprint density at radius 1 is 1.35 bits per heavy atom. The van der Waals surface area contributed by atoms with Gasteiger partial charge in [0.2, 0.25) is 5.91 Å². The van der Waals surface area contributed by atoms with Crippen LogP contribution in [0.1, 0.15) is 26.2 Å². The maximum absolute atomic E-state index is 12.0. The molecule has 3 N–H and O–H groups in total. The summed E-state index contributed by atoms with van der Waals surface area (Å²) in [6.45, 7) is 6.29. The Morgan fingerprint density at radius 3 is 2.76 bits per heavy atom. The van der Waals surface area contributed by atoms with E-state index < -0.39 is 0 Å². The monoisotopic (exact) mass is 243 g/mol. The molecular formula is C12H25N3O2. The Bertz CT molecular complexity index is 236. The number of hydrogen-bond donors (Lipinski definition) is 2. The van der Waals surface area contributed by atoms with Gasteiger partial charge in [-0.15, -0.1) is 0 Å². The molecule has 17 heavy (non-hydrogen) atoms. The van der Waals surface area contributed by atoms with Gasteiger partial charge in [-0.05, 0) is 19.4 Å². The van der Waals surface area contributed by atoms with E-state index in [1.165, 1.54) is 0 Å². The van der Waals surface area contributed by atoms with Crippen molar-refractivity contribution in [1.29, 1.82) is 0 Å². The van der Waals surface area contributed by atoms with Gasteiger partial charge in [-0.25, -0.2) is 0 Å². The maximum atomic E-state index is 12.0. The van der Waals surface area contributed by atoms with Crippen molar-refractivity contribution in [2.45, 2.75) is 32.2 Å². The highest BCUT2D eigenvalue weighted by Gasteiger charge is 2.19. The fraction of sp³-hybridized carbons (Fsp3) is 0.917. The Morgan fingerprint density at radius 2 is 2.12 bits per heavy atom. The number of nitrogens with two attached hydrogens (primary N) is 1. The third-order valence-corrected chi connectivity index (χ3v) is 3.32. The lowest BCUT2D eigenvalue weighted by Gasteiger charge is -2.22. The number of carbonyl (C=O) groups excluding carboxylic acids is 1. The molecule has 1 saturated heterocycles. The lowest BCUT2D eigenvalue weighted by Crippen LogP contribution is -2.38. The zero-order valence-corrected chi connectivity index (χ0v) is 10.8. The fourth-order valence-electron chi connectivity index (χ4n) is 2.08. The van der Waals surface area contributed by atoms with Crippen molar-refractivity contribution in [2.24, 2.45) is 5.73 Å².